The number of ether oxygens (including phenoxy) is 1. The molecule has 0 spiro atoms. The molecule has 4 nitrogen and oxygen atoms in total. The maximum absolute atomic E-state index is 12.6. The van der Waals surface area contributed by atoms with Gasteiger partial charge in [-0.15, -0.1) is 0 Å². The highest BCUT2D eigenvalue weighted by atomic mass is 16.5. The third kappa shape index (κ3) is 37.0. The zero-order valence-corrected chi connectivity index (χ0v) is 30.4. The van der Waals surface area contributed by atoms with Gasteiger partial charge in [0.2, 0.25) is 0 Å². The van der Waals surface area contributed by atoms with E-state index in [1.54, 1.807) is 0 Å². The normalized spacial score (nSPS) is 12.2. The van der Waals surface area contributed by atoms with E-state index in [0.29, 0.717) is 12.8 Å². The van der Waals surface area contributed by atoms with Crippen LogP contribution in [0.25, 0.3) is 0 Å². The molecular formula is C41H78O4. The van der Waals surface area contributed by atoms with Crippen molar-refractivity contribution < 1.29 is 19.4 Å². The van der Waals surface area contributed by atoms with Gasteiger partial charge in [0.25, 0.3) is 0 Å². The van der Waals surface area contributed by atoms with Crippen LogP contribution in [-0.4, -0.2) is 23.1 Å². The van der Waals surface area contributed by atoms with E-state index in [4.69, 9.17) is 9.84 Å². The molecule has 0 saturated heterocycles. The number of esters is 1. The summed E-state index contributed by atoms with van der Waals surface area (Å²) >= 11 is 0. The van der Waals surface area contributed by atoms with Gasteiger partial charge < -0.3 is 9.84 Å². The molecule has 0 radical (unpaired) electrons. The van der Waals surface area contributed by atoms with E-state index < -0.39 is 5.97 Å². The van der Waals surface area contributed by atoms with Crippen molar-refractivity contribution in [3.63, 3.8) is 0 Å². The van der Waals surface area contributed by atoms with Crippen LogP contribution in [0.4, 0.5) is 0 Å². The molecule has 0 heterocycles. The minimum atomic E-state index is -0.721. The Bertz CT molecular complexity index is 643. The summed E-state index contributed by atoms with van der Waals surface area (Å²) < 4.78 is 5.95. The van der Waals surface area contributed by atoms with Crippen molar-refractivity contribution in [3.8, 4) is 0 Å². The van der Waals surface area contributed by atoms with E-state index in [-0.39, 0.29) is 18.5 Å². The molecule has 0 amide bonds. The van der Waals surface area contributed by atoms with Crippen LogP contribution >= 0.6 is 0 Å². The second kappa shape index (κ2) is 37.1. The summed E-state index contributed by atoms with van der Waals surface area (Å²) in [4.78, 5) is 23.4. The number of hydrogen-bond donors (Lipinski definition) is 1. The van der Waals surface area contributed by atoms with Gasteiger partial charge in [0, 0.05) is 12.8 Å². The topological polar surface area (TPSA) is 63.6 Å². The zero-order chi connectivity index (χ0) is 32.9. The van der Waals surface area contributed by atoms with Crippen LogP contribution in [0.15, 0.2) is 12.2 Å². The molecule has 266 valence electrons. The Morgan fingerprint density at radius 1 is 0.467 bits per heavy atom. The second-order valence-electron chi connectivity index (χ2n) is 13.8. The standard InChI is InChI=1S/C41H78O4/c1-3-5-7-9-11-13-15-17-19-20-22-24-26-28-31-35-39(36-32-30-33-37-40(42)43)45-41(44)38-34-29-27-25-23-21-18-16-14-12-10-8-6-4-2/h14,16,39H,3-13,15,17-38H2,1-2H3,(H,42,43)/b16-14-. The molecule has 0 fully saturated rings. The Hall–Kier alpha value is -1.32. The largest absolute Gasteiger partial charge is 0.481 e. The van der Waals surface area contributed by atoms with Gasteiger partial charge in [0.05, 0.1) is 0 Å². The van der Waals surface area contributed by atoms with E-state index in [2.05, 4.69) is 26.0 Å². The molecule has 1 unspecified atom stereocenters. The Balaban J connectivity index is 3.92. The van der Waals surface area contributed by atoms with Crippen molar-refractivity contribution in [2.75, 3.05) is 0 Å². The van der Waals surface area contributed by atoms with Crippen LogP contribution in [0.3, 0.4) is 0 Å². The molecule has 0 aliphatic carbocycles. The van der Waals surface area contributed by atoms with E-state index in [9.17, 15) is 9.59 Å². The predicted octanol–water partition coefficient (Wildman–Crippen LogP) is 13.8. The first-order chi connectivity index (χ1) is 22.1. The Morgan fingerprint density at radius 2 is 0.800 bits per heavy atom. The average Bonchev–Trinajstić information content (AvgIpc) is 3.02. The summed E-state index contributed by atoms with van der Waals surface area (Å²) in [6.45, 7) is 4.54. The lowest BCUT2D eigenvalue weighted by atomic mass is 10.0. The molecule has 0 aliphatic rings. The van der Waals surface area contributed by atoms with Crippen LogP contribution in [0.2, 0.25) is 0 Å². The third-order valence-electron chi connectivity index (χ3n) is 9.24. The summed E-state index contributed by atoms with van der Waals surface area (Å²) in [5.41, 5.74) is 0. The van der Waals surface area contributed by atoms with Gasteiger partial charge in [-0.2, -0.15) is 0 Å². The number of carboxylic acid groups (broad SMARTS) is 1. The van der Waals surface area contributed by atoms with Crippen molar-refractivity contribution in [2.45, 2.75) is 238 Å². The highest BCUT2D eigenvalue weighted by molar-refractivity contribution is 5.69. The van der Waals surface area contributed by atoms with Gasteiger partial charge in [-0.25, -0.2) is 0 Å². The SMILES string of the molecule is CCCCCC/C=C\CCCCCCCCC(=O)OC(CCCCCCCCCCCCCCCCC)CCCCCC(=O)O. The molecule has 0 bridgehead atoms. The molecule has 0 aliphatic heterocycles. The fourth-order valence-corrected chi connectivity index (χ4v) is 6.24. The second-order valence-corrected chi connectivity index (χ2v) is 13.8. The number of allylic oxidation sites excluding steroid dienone is 2. The fraction of sp³-hybridized carbons (Fsp3) is 0.902. The van der Waals surface area contributed by atoms with E-state index in [1.165, 1.54) is 154 Å². The monoisotopic (exact) mass is 635 g/mol. The first-order valence-corrected chi connectivity index (χ1v) is 20.2. The molecule has 0 aromatic rings. The quantitative estimate of drug-likeness (QED) is 0.0419. The lowest BCUT2D eigenvalue weighted by molar-refractivity contribution is -0.150. The number of aliphatic carboxylic acids is 1. The molecule has 0 aromatic heterocycles. The van der Waals surface area contributed by atoms with Gasteiger partial charge in [-0.1, -0.05) is 167 Å². The lowest BCUT2D eigenvalue weighted by Gasteiger charge is -2.18. The number of carboxylic acids is 1. The van der Waals surface area contributed by atoms with Gasteiger partial charge in [-0.05, 0) is 64.2 Å². The zero-order valence-electron chi connectivity index (χ0n) is 30.4. The van der Waals surface area contributed by atoms with Gasteiger partial charge >= 0.3 is 11.9 Å². The average molecular weight is 635 g/mol. The third-order valence-corrected chi connectivity index (χ3v) is 9.24. The van der Waals surface area contributed by atoms with Crippen LogP contribution in [0, 0.1) is 0 Å². The molecular weight excluding hydrogens is 556 g/mol. The molecule has 0 saturated carbocycles. The Kier molecular flexibility index (Phi) is 36.1. The van der Waals surface area contributed by atoms with E-state index in [1.807, 2.05) is 0 Å². The number of rotatable bonds is 37. The number of hydrogen-bond acceptors (Lipinski definition) is 3. The smallest absolute Gasteiger partial charge is 0.306 e. The molecule has 0 rings (SSSR count). The van der Waals surface area contributed by atoms with Crippen molar-refractivity contribution in [1.82, 2.24) is 0 Å². The van der Waals surface area contributed by atoms with Crippen LogP contribution < -0.4 is 0 Å². The van der Waals surface area contributed by atoms with E-state index in [0.717, 1.165) is 44.9 Å². The number of unbranched alkanes of at least 4 members (excludes halogenated alkanes) is 26. The van der Waals surface area contributed by atoms with Gasteiger partial charge in [0.15, 0.2) is 0 Å². The van der Waals surface area contributed by atoms with E-state index >= 15 is 0 Å². The fourth-order valence-electron chi connectivity index (χ4n) is 6.24. The van der Waals surface area contributed by atoms with Crippen molar-refractivity contribution in [3.05, 3.63) is 12.2 Å². The summed E-state index contributed by atoms with van der Waals surface area (Å²) in [6, 6.07) is 0. The highest BCUT2D eigenvalue weighted by Gasteiger charge is 2.14. The van der Waals surface area contributed by atoms with Crippen molar-refractivity contribution in [2.24, 2.45) is 0 Å². The van der Waals surface area contributed by atoms with Crippen LogP contribution in [0.1, 0.15) is 232 Å². The summed E-state index contributed by atoms with van der Waals surface area (Å²) in [5, 5.41) is 8.90. The highest BCUT2D eigenvalue weighted by Crippen LogP contribution is 2.19. The minimum absolute atomic E-state index is 0.00370. The summed E-state index contributed by atoms with van der Waals surface area (Å²) in [6.07, 6.45) is 45.1. The molecule has 0 aromatic carbocycles. The molecule has 45 heavy (non-hydrogen) atoms. The first-order valence-electron chi connectivity index (χ1n) is 20.2. The lowest BCUT2D eigenvalue weighted by Crippen LogP contribution is -2.18. The molecule has 1 N–H and O–H groups in total. The Morgan fingerprint density at radius 3 is 1.24 bits per heavy atom. The van der Waals surface area contributed by atoms with Crippen LogP contribution in [-0.2, 0) is 14.3 Å². The maximum Gasteiger partial charge on any atom is 0.306 e. The van der Waals surface area contributed by atoms with Gasteiger partial charge in [-0.3, -0.25) is 9.59 Å². The Labute approximate surface area is 281 Å². The van der Waals surface area contributed by atoms with Crippen molar-refractivity contribution >= 4 is 11.9 Å². The van der Waals surface area contributed by atoms with Gasteiger partial charge in [0.1, 0.15) is 6.10 Å². The van der Waals surface area contributed by atoms with Crippen molar-refractivity contribution in [1.29, 1.82) is 0 Å². The summed E-state index contributed by atoms with van der Waals surface area (Å²) in [5.74, 6) is -0.753. The molecule has 4 heteroatoms. The summed E-state index contributed by atoms with van der Waals surface area (Å²) in [7, 11) is 0. The number of carbonyl (C=O) groups is 2. The maximum atomic E-state index is 12.6. The van der Waals surface area contributed by atoms with Crippen LogP contribution in [0.5, 0.6) is 0 Å². The minimum Gasteiger partial charge on any atom is -0.481 e. The number of carbonyl (C=O) groups excluding carboxylic acids is 1. The first kappa shape index (κ1) is 43.7. The predicted molar refractivity (Wildman–Crippen MR) is 195 cm³/mol. The molecule has 1 atom stereocenters.